The van der Waals surface area contributed by atoms with Gasteiger partial charge in [-0.25, -0.2) is 13.4 Å². The molecule has 7 heteroatoms. The molecule has 0 radical (unpaired) electrons. The molecule has 0 aliphatic carbocycles. The minimum atomic E-state index is -3.41. The van der Waals surface area contributed by atoms with Crippen LogP contribution in [0.15, 0.2) is 12.3 Å². The first-order chi connectivity index (χ1) is 7.18. The molecule has 1 aromatic heterocycles. The van der Waals surface area contributed by atoms with Crippen molar-refractivity contribution in [1.29, 1.82) is 0 Å². The summed E-state index contributed by atoms with van der Waals surface area (Å²) < 4.78 is 25.8. The molecule has 1 N–H and O–H groups in total. The Labute approximate surface area is 100 Å². The molecule has 0 aliphatic rings. The summed E-state index contributed by atoms with van der Waals surface area (Å²) in [4.78, 5) is 7.42. The molecule has 0 saturated heterocycles. The second-order valence-corrected chi connectivity index (χ2v) is 6.69. The Morgan fingerprint density at radius 1 is 1.44 bits per heavy atom. The average Bonchev–Trinajstić information content (AvgIpc) is 1.96. The Morgan fingerprint density at radius 3 is 2.56 bits per heavy atom. The molecule has 0 spiro atoms. The maximum absolute atomic E-state index is 11.7. The standard InChI is InChI=1S/C9H14ClN3O2S/c1-9(2,3)6-16(14,15)13-7-4-5-11-8(10)12-7/h4-5H,6H2,1-3H3,(H,11,12,13). The first-order valence-electron chi connectivity index (χ1n) is 4.67. The summed E-state index contributed by atoms with van der Waals surface area (Å²) in [6, 6.07) is 1.45. The first-order valence-corrected chi connectivity index (χ1v) is 6.70. The molecule has 1 heterocycles. The smallest absolute Gasteiger partial charge is 0.234 e. The highest BCUT2D eigenvalue weighted by Crippen LogP contribution is 2.17. The van der Waals surface area contributed by atoms with E-state index in [0.717, 1.165) is 0 Å². The van der Waals surface area contributed by atoms with Crippen molar-refractivity contribution in [3.05, 3.63) is 17.5 Å². The molecule has 0 aliphatic heterocycles. The predicted octanol–water partition coefficient (Wildman–Crippen LogP) is 1.92. The predicted molar refractivity (Wildman–Crippen MR) is 63.9 cm³/mol. The molecule has 5 nitrogen and oxygen atoms in total. The lowest BCUT2D eigenvalue weighted by atomic mass is 10.0. The number of hydrogen-bond acceptors (Lipinski definition) is 4. The fourth-order valence-electron chi connectivity index (χ4n) is 1.16. The number of hydrogen-bond donors (Lipinski definition) is 1. The normalized spacial score (nSPS) is 12.5. The third-order valence-electron chi connectivity index (χ3n) is 1.51. The topological polar surface area (TPSA) is 72.0 Å². The fourth-order valence-corrected chi connectivity index (χ4v) is 2.95. The van der Waals surface area contributed by atoms with Crippen molar-refractivity contribution < 1.29 is 8.42 Å². The molecule has 0 amide bonds. The van der Waals surface area contributed by atoms with Gasteiger partial charge in [0.2, 0.25) is 15.3 Å². The van der Waals surface area contributed by atoms with E-state index < -0.39 is 10.0 Å². The number of nitrogens with one attached hydrogen (secondary N) is 1. The summed E-state index contributed by atoms with van der Waals surface area (Å²) in [5.74, 6) is 0.200. The van der Waals surface area contributed by atoms with Crippen molar-refractivity contribution in [2.45, 2.75) is 20.8 Å². The minimum Gasteiger partial charge on any atom is -0.267 e. The molecule has 0 fully saturated rings. The zero-order chi connectivity index (χ0) is 12.4. The highest BCUT2D eigenvalue weighted by molar-refractivity contribution is 7.92. The lowest BCUT2D eigenvalue weighted by molar-refractivity contribution is 0.463. The SMILES string of the molecule is CC(C)(C)CS(=O)(=O)Nc1ccnc(Cl)n1. The third-order valence-corrected chi connectivity index (χ3v) is 3.46. The number of anilines is 1. The molecule has 0 aromatic carbocycles. The largest absolute Gasteiger partial charge is 0.267 e. The van der Waals surface area contributed by atoms with E-state index in [1.807, 2.05) is 20.8 Å². The van der Waals surface area contributed by atoms with Crippen molar-refractivity contribution in [3.8, 4) is 0 Å². The Kier molecular flexibility index (Phi) is 3.75. The number of rotatable bonds is 3. The van der Waals surface area contributed by atoms with Gasteiger partial charge in [0.05, 0.1) is 5.75 Å². The van der Waals surface area contributed by atoms with Crippen LogP contribution in [0.4, 0.5) is 5.82 Å². The fraction of sp³-hybridized carbons (Fsp3) is 0.556. The van der Waals surface area contributed by atoms with Crippen LogP contribution in [-0.4, -0.2) is 24.1 Å². The number of aromatic nitrogens is 2. The molecular formula is C9H14ClN3O2S. The van der Waals surface area contributed by atoms with Crippen LogP contribution in [0.1, 0.15) is 20.8 Å². The van der Waals surface area contributed by atoms with Crippen LogP contribution in [0.5, 0.6) is 0 Å². The quantitative estimate of drug-likeness (QED) is 0.846. The van der Waals surface area contributed by atoms with Gasteiger partial charge >= 0.3 is 0 Å². The highest BCUT2D eigenvalue weighted by Gasteiger charge is 2.21. The third kappa shape index (κ3) is 4.76. The van der Waals surface area contributed by atoms with E-state index in [0.29, 0.717) is 0 Å². The summed E-state index contributed by atoms with van der Waals surface area (Å²) in [5, 5.41) is 0.0101. The van der Waals surface area contributed by atoms with E-state index in [1.165, 1.54) is 12.3 Å². The van der Waals surface area contributed by atoms with Crippen LogP contribution >= 0.6 is 11.6 Å². The van der Waals surface area contributed by atoms with Crippen molar-refractivity contribution >= 4 is 27.4 Å². The molecule has 0 bridgehead atoms. The van der Waals surface area contributed by atoms with Crippen molar-refractivity contribution in [2.75, 3.05) is 10.5 Å². The Morgan fingerprint density at radius 2 is 2.06 bits per heavy atom. The van der Waals surface area contributed by atoms with E-state index in [-0.39, 0.29) is 22.3 Å². The van der Waals surface area contributed by atoms with E-state index >= 15 is 0 Å². The van der Waals surface area contributed by atoms with E-state index in [2.05, 4.69) is 14.7 Å². The van der Waals surface area contributed by atoms with Crippen molar-refractivity contribution in [1.82, 2.24) is 9.97 Å². The van der Waals surface area contributed by atoms with Crippen LogP contribution in [-0.2, 0) is 10.0 Å². The van der Waals surface area contributed by atoms with Gasteiger partial charge in [-0.2, -0.15) is 4.98 Å². The van der Waals surface area contributed by atoms with Gasteiger partial charge < -0.3 is 0 Å². The number of sulfonamides is 1. The Bertz CT molecular complexity index is 468. The van der Waals surface area contributed by atoms with E-state index in [9.17, 15) is 8.42 Å². The second kappa shape index (κ2) is 4.55. The molecule has 1 rings (SSSR count). The highest BCUT2D eigenvalue weighted by atomic mass is 35.5. The molecule has 90 valence electrons. The molecule has 1 aromatic rings. The lowest BCUT2D eigenvalue weighted by Gasteiger charge is -2.18. The van der Waals surface area contributed by atoms with Crippen molar-refractivity contribution in [2.24, 2.45) is 5.41 Å². The number of nitrogens with zero attached hydrogens (tertiary/aromatic N) is 2. The van der Waals surface area contributed by atoms with Gasteiger partial charge in [0.15, 0.2) is 0 Å². The summed E-state index contributed by atoms with van der Waals surface area (Å²) in [7, 11) is -3.41. The van der Waals surface area contributed by atoms with Gasteiger partial charge in [-0.3, -0.25) is 4.72 Å². The minimum absolute atomic E-state index is 0.0101. The molecule has 16 heavy (non-hydrogen) atoms. The Balaban J connectivity index is 2.81. The first kappa shape index (κ1) is 13.2. The van der Waals surface area contributed by atoms with E-state index in [4.69, 9.17) is 11.6 Å². The van der Waals surface area contributed by atoms with Gasteiger partial charge in [0, 0.05) is 6.20 Å². The molecule has 0 saturated carbocycles. The molecular weight excluding hydrogens is 250 g/mol. The van der Waals surface area contributed by atoms with Crippen LogP contribution in [0, 0.1) is 5.41 Å². The molecule has 0 unspecified atom stereocenters. The van der Waals surface area contributed by atoms with Crippen LogP contribution in [0.2, 0.25) is 5.28 Å². The van der Waals surface area contributed by atoms with Gasteiger partial charge in [0.25, 0.3) is 0 Å². The Hall–Kier alpha value is -0.880. The van der Waals surface area contributed by atoms with Crippen LogP contribution < -0.4 is 4.72 Å². The van der Waals surface area contributed by atoms with Gasteiger partial charge in [-0.1, -0.05) is 20.8 Å². The van der Waals surface area contributed by atoms with E-state index in [1.54, 1.807) is 0 Å². The zero-order valence-electron chi connectivity index (χ0n) is 9.36. The van der Waals surface area contributed by atoms with Crippen molar-refractivity contribution in [3.63, 3.8) is 0 Å². The maximum Gasteiger partial charge on any atom is 0.234 e. The van der Waals surface area contributed by atoms with Gasteiger partial charge in [-0.15, -0.1) is 0 Å². The number of halogens is 1. The van der Waals surface area contributed by atoms with Crippen LogP contribution in [0.25, 0.3) is 0 Å². The second-order valence-electron chi connectivity index (χ2n) is 4.63. The zero-order valence-corrected chi connectivity index (χ0v) is 10.9. The monoisotopic (exact) mass is 263 g/mol. The maximum atomic E-state index is 11.7. The average molecular weight is 264 g/mol. The summed E-state index contributed by atoms with van der Waals surface area (Å²) in [5.41, 5.74) is -0.317. The van der Waals surface area contributed by atoms with Gasteiger partial charge in [-0.05, 0) is 23.1 Å². The summed E-state index contributed by atoms with van der Waals surface area (Å²) in [6.45, 7) is 5.54. The molecule has 0 atom stereocenters. The summed E-state index contributed by atoms with van der Waals surface area (Å²) in [6.07, 6.45) is 1.39. The lowest BCUT2D eigenvalue weighted by Crippen LogP contribution is -2.26. The van der Waals surface area contributed by atoms with Gasteiger partial charge in [0.1, 0.15) is 5.82 Å². The van der Waals surface area contributed by atoms with Crippen LogP contribution in [0.3, 0.4) is 0 Å². The summed E-state index contributed by atoms with van der Waals surface area (Å²) >= 11 is 5.55.